The van der Waals surface area contributed by atoms with Crippen LogP contribution in [-0.2, 0) is 5.88 Å². The summed E-state index contributed by atoms with van der Waals surface area (Å²) < 4.78 is 12.4. The lowest BCUT2D eigenvalue weighted by Crippen LogP contribution is -1.95. The molecule has 0 bridgehead atoms. The van der Waals surface area contributed by atoms with Crippen molar-refractivity contribution in [1.82, 2.24) is 0 Å². The highest BCUT2D eigenvalue weighted by Crippen LogP contribution is 2.30. The normalized spacial score (nSPS) is 10.3. The maximum absolute atomic E-state index is 5.92. The molecule has 0 saturated heterocycles. The SMILES string of the molecule is CCCOc1ccc(Oc2cc(Br)ccc2CCl)cc1. The first-order valence-electron chi connectivity index (χ1n) is 6.48. The minimum atomic E-state index is 0.417. The quantitative estimate of drug-likeness (QED) is 0.612. The van der Waals surface area contributed by atoms with Crippen molar-refractivity contribution in [3.63, 3.8) is 0 Å². The van der Waals surface area contributed by atoms with E-state index in [1.807, 2.05) is 42.5 Å². The van der Waals surface area contributed by atoms with E-state index in [4.69, 9.17) is 21.1 Å². The Labute approximate surface area is 132 Å². The molecule has 0 spiro atoms. The smallest absolute Gasteiger partial charge is 0.132 e. The molecule has 2 aromatic carbocycles. The van der Waals surface area contributed by atoms with Gasteiger partial charge in [0, 0.05) is 10.0 Å². The average Bonchev–Trinajstić information content (AvgIpc) is 2.47. The van der Waals surface area contributed by atoms with E-state index >= 15 is 0 Å². The van der Waals surface area contributed by atoms with Crippen LogP contribution in [0.25, 0.3) is 0 Å². The van der Waals surface area contributed by atoms with Gasteiger partial charge in [-0.25, -0.2) is 0 Å². The Morgan fingerprint density at radius 3 is 2.40 bits per heavy atom. The molecule has 2 rings (SSSR count). The Morgan fingerprint density at radius 1 is 1.05 bits per heavy atom. The highest BCUT2D eigenvalue weighted by Gasteiger charge is 2.05. The first kappa shape index (κ1) is 15.2. The predicted molar refractivity (Wildman–Crippen MR) is 86.0 cm³/mol. The molecule has 0 fully saturated rings. The number of alkyl halides is 1. The van der Waals surface area contributed by atoms with E-state index in [1.54, 1.807) is 0 Å². The summed E-state index contributed by atoms with van der Waals surface area (Å²) >= 11 is 9.35. The lowest BCUT2D eigenvalue weighted by atomic mass is 10.2. The summed E-state index contributed by atoms with van der Waals surface area (Å²) in [7, 11) is 0. The third-order valence-electron chi connectivity index (χ3n) is 2.70. The van der Waals surface area contributed by atoms with E-state index in [1.165, 1.54) is 0 Å². The Bertz CT molecular complexity index is 555. The maximum Gasteiger partial charge on any atom is 0.132 e. The van der Waals surface area contributed by atoms with Crippen LogP contribution in [0.5, 0.6) is 17.2 Å². The highest BCUT2D eigenvalue weighted by atomic mass is 79.9. The van der Waals surface area contributed by atoms with Crippen LogP contribution in [0.4, 0.5) is 0 Å². The van der Waals surface area contributed by atoms with Gasteiger partial charge in [0.15, 0.2) is 0 Å². The lowest BCUT2D eigenvalue weighted by Gasteiger charge is -2.11. The van der Waals surface area contributed by atoms with Crippen LogP contribution in [0.15, 0.2) is 46.9 Å². The Hall–Kier alpha value is -1.19. The van der Waals surface area contributed by atoms with E-state index in [9.17, 15) is 0 Å². The van der Waals surface area contributed by atoms with Crippen LogP contribution >= 0.6 is 27.5 Å². The van der Waals surface area contributed by atoms with Crippen molar-refractivity contribution >= 4 is 27.5 Å². The standard InChI is InChI=1S/C16H16BrClO2/c1-2-9-19-14-5-7-15(8-6-14)20-16-10-13(17)4-3-12(16)11-18/h3-8,10H,2,9,11H2,1H3. The second-order valence-corrected chi connectivity index (χ2v) is 5.49. The molecule has 2 nitrogen and oxygen atoms in total. The molecule has 4 heteroatoms. The first-order chi connectivity index (χ1) is 9.72. The number of benzene rings is 2. The van der Waals surface area contributed by atoms with Crippen molar-refractivity contribution in [3.8, 4) is 17.2 Å². The van der Waals surface area contributed by atoms with Crippen molar-refractivity contribution < 1.29 is 9.47 Å². The molecule has 0 aromatic heterocycles. The predicted octanol–water partition coefficient (Wildman–Crippen LogP) is 5.77. The summed E-state index contributed by atoms with van der Waals surface area (Å²) in [5.74, 6) is 2.79. The van der Waals surface area contributed by atoms with Crippen molar-refractivity contribution in [3.05, 3.63) is 52.5 Å². The fourth-order valence-corrected chi connectivity index (χ4v) is 2.25. The molecule has 0 aliphatic rings. The Morgan fingerprint density at radius 2 is 1.75 bits per heavy atom. The van der Waals surface area contributed by atoms with Gasteiger partial charge in [-0.3, -0.25) is 0 Å². The van der Waals surface area contributed by atoms with Crippen LogP contribution in [0.2, 0.25) is 0 Å². The molecule has 0 atom stereocenters. The summed E-state index contributed by atoms with van der Waals surface area (Å²) in [4.78, 5) is 0. The molecule has 2 aromatic rings. The van der Waals surface area contributed by atoms with Gasteiger partial charge in [0.1, 0.15) is 17.2 Å². The molecule has 0 saturated carbocycles. The summed E-state index contributed by atoms with van der Waals surface area (Å²) in [5, 5.41) is 0. The number of halogens is 2. The largest absolute Gasteiger partial charge is 0.494 e. The maximum atomic E-state index is 5.92. The topological polar surface area (TPSA) is 18.5 Å². The van der Waals surface area contributed by atoms with Gasteiger partial charge >= 0.3 is 0 Å². The first-order valence-corrected chi connectivity index (χ1v) is 7.80. The average molecular weight is 356 g/mol. The molecule has 0 heterocycles. The van der Waals surface area contributed by atoms with Crippen LogP contribution in [0, 0.1) is 0 Å². The molecule has 0 unspecified atom stereocenters. The Balaban J connectivity index is 2.11. The fourth-order valence-electron chi connectivity index (χ4n) is 1.68. The van der Waals surface area contributed by atoms with Gasteiger partial charge in [-0.05, 0) is 42.8 Å². The third kappa shape index (κ3) is 4.15. The van der Waals surface area contributed by atoms with E-state index in [-0.39, 0.29) is 0 Å². The molecule has 0 amide bonds. The van der Waals surface area contributed by atoms with E-state index in [0.29, 0.717) is 5.88 Å². The number of ether oxygens (including phenoxy) is 2. The van der Waals surface area contributed by atoms with Crippen LogP contribution in [0.3, 0.4) is 0 Å². The monoisotopic (exact) mass is 354 g/mol. The van der Waals surface area contributed by atoms with Gasteiger partial charge in [0.2, 0.25) is 0 Å². The van der Waals surface area contributed by atoms with Crippen molar-refractivity contribution in [2.24, 2.45) is 0 Å². The van der Waals surface area contributed by atoms with E-state index < -0.39 is 0 Å². The van der Waals surface area contributed by atoms with Crippen LogP contribution in [0.1, 0.15) is 18.9 Å². The molecule has 106 valence electrons. The van der Waals surface area contributed by atoms with Gasteiger partial charge in [-0.2, -0.15) is 0 Å². The van der Waals surface area contributed by atoms with Crippen molar-refractivity contribution in [1.29, 1.82) is 0 Å². The van der Waals surface area contributed by atoms with Gasteiger partial charge in [-0.15, -0.1) is 11.6 Å². The Kier molecular flexibility index (Phi) is 5.74. The van der Waals surface area contributed by atoms with Gasteiger partial charge in [0.05, 0.1) is 12.5 Å². The van der Waals surface area contributed by atoms with Crippen LogP contribution < -0.4 is 9.47 Å². The van der Waals surface area contributed by atoms with Crippen molar-refractivity contribution in [2.75, 3.05) is 6.61 Å². The molecule has 0 aliphatic carbocycles. The van der Waals surface area contributed by atoms with Gasteiger partial charge < -0.3 is 9.47 Å². The van der Waals surface area contributed by atoms with E-state index in [2.05, 4.69) is 22.9 Å². The second kappa shape index (κ2) is 7.55. The zero-order valence-corrected chi connectivity index (χ0v) is 13.6. The minimum absolute atomic E-state index is 0.417. The molecule has 0 radical (unpaired) electrons. The summed E-state index contributed by atoms with van der Waals surface area (Å²) in [6.07, 6.45) is 0.995. The van der Waals surface area contributed by atoms with Crippen molar-refractivity contribution in [2.45, 2.75) is 19.2 Å². The second-order valence-electron chi connectivity index (χ2n) is 4.31. The lowest BCUT2D eigenvalue weighted by molar-refractivity contribution is 0.317. The molecular formula is C16H16BrClO2. The fraction of sp³-hybridized carbons (Fsp3) is 0.250. The summed E-state index contributed by atoms with van der Waals surface area (Å²) in [6.45, 7) is 2.81. The molecule has 0 aliphatic heterocycles. The van der Waals surface area contributed by atoms with Crippen LogP contribution in [-0.4, -0.2) is 6.61 Å². The molecule has 0 N–H and O–H groups in total. The van der Waals surface area contributed by atoms with Gasteiger partial charge in [0.25, 0.3) is 0 Å². The zero-order chi connectivity index (χ0) is 14.4. The van der Waals surface area contributed by atoms with E-state index in [0.717, 1.165) is 40.3 Å². The molecular weight excluding hydrogens is 340 g/mol. The number of hydrogen-bond acceptors (Lipinski definition) is 2. The van der Waals surface area contributed by atoms with Gasteiger partial charge in [-0.1, -0.05) is 28.9 Å². The molecule has 20 heavy (non-hydrogen) atoms. The summed E-state index contributed by atoms with van der Waals surface area (Å²) in [5.41, 5.74) is 0.959. The minimum Gasteiger partial charge on any atom is -0.494 e. The zero-order valence-electron chi connectivity index (χ0n) is 11.2. The summed E-state index contributed by atoms with van der Waals surface area (Å²) in [6, 6.07) is 13.4. The number of rotatable bonds is 6. The third-order valence-corrected chi connectivity index (χ3v) is 3.48. The number of hydrogen-bond donors (Lipinski definition) is 0. The highest BCUT2D eigenvalue weighted by molar-refractivity contribution is 9.10.